The van der Waals surface area contributed by atoms with Crippen molar-refractivity contribution in [3.63, 3.8) is 0 Å². The third-order valence-electron chi connectivity index (χ3n) is 4.17. The van der Waals surface area contributed by atoms with Gasteiger partial charge in [0.1, 0.15) is 0 Å². The quantitative estimate of drug-likeness (QED) is 0.582. The van der Waals surface area contributed by atoms with Crippen molar-refractivity contribution in [2.45, 2.75) is 44.1 Å². The Bertz CT molecular complexity index is 969. The minimum Gasteiger partial charge on any atom is -0.353 e. The number of nitrogens with zero attached hydrogens (tertiary/aromatic N) is 3. The van der Waals surface area contributed by atoms with Crippen molar-refractivity contribution in [1.82, 2.24) is 20.1 Å². The molecule has 1 unspecified atom stereocenters. The molecule has 1 N–H and O–H groups in total. The lowest BCUT2D eigenvalue weighted by molar-refractivity contribution is -0.120. The number of carbonyl (C=O) groups is 1. The van der Waals surface area contributed by atoms with Gasteiger partial charge < -0.3 is 5.32 Å². The molecule has 0 aliphatic rings. The lowest BCUT2D eigenvalue weighted by atomic mass is 10.1. The van der Waals surface area contributed by atoms with E-state index in [1.165, 1.54) is 11.8 Å². The molecule has 146 valence electrons. The molecule has 0 spiro atoms. The van der Waals surface area contributed by atoms with Crippen molar-refractivity contribution < 1.29 is 4.79 Å². The normalized spacial score (nSPS) is 12.2. The molecule has 1 aromatic heterocycles. The average molecular weight is 415 g/mol. The number of aromatic nitrogens is 3. The number of aryl methyl sites for hydroxylation is 1. The van der Waals surface area contributed by atoms with Crippen molar-refractivity contribution in [3.05, 3.63) is 59.1 Å². The Balaban J connectivity index is 2.05. The van der Waals surface area contributed by atoms with Crippen molar-refractivity contribution in [1.29, 1.82) is 0 Å². The summed E-state index contributed by atoms with van der Waals surface area (Å²) in [5.41, 5.74) is 2.99. The first-order valence-electron chi connectivity index (χ1n) is 9.11. The zero-order chi connectivity index (χ0) is 20.3. The Morgan fingerprint density at radius 3 is 2.39 bits per heavy atom. The highest BCUT2D eigenvalue weighted by Crippen LogP contribution is 2.31. The second-order valence-corrected chi connectivity index (χ2v) is 8.60. The van der Waals surface area contributed by atoms with Crippen LogP contribution in [0.5, 0.6) is 0 Å². The first kappa shape index (κ1) is 20.4. The van der Waals surface area contributed by atoms with Crippen molar-refractivity contribution in [2.75, 3.05) is 0 Å². The molecular formula is C21H23ClN4OS. The number of para-hydroxylation sites is 1. The Hall–Kier alpha value is -2.31. The smallest absolute Gasteiger partial charge is 0.233 e. The van der Waals surface area contributed by atoms with Gasteiger partial charge in [-0.3, -0.25) is 9.36 Å². The molecule has 3 aromatic rings. The van der Waals surface area contributed by atoms with Crippen LogP contribution in [0.1, 0.15) is 26.3 Å². The number of thioether (sulfide) groups is 1. The monoisotopic (exact) mass is 414 g/mol. The molecule has 0 aliphatic carbocycles. The number of rotatable bonds is 6. The second-order valence-electron chi connectivity index (χ2n) is 6.86. The van der Waals surface area contributed by atoms with Crippen LogP contribution in [0.15, 0.2) is 53.7 Å². The summed E-state index contributed by atoms with van der Waals surface area (Å²) in [6, 6.07) is 15.7. The third-order valence-corrected chi connectivity index (χ3v) is 5.47. The second kappa shape index (κ2) is 8.80. The van der Waals surface area contributed by atoms with Crippen LogP contribution >= 0.6 is 23.4 Å². The van der Waals surface area contributed by atoms with Crippen molar-refractivity contribution >= 4 is 29.3 Å². The van der Waals surface area contributed by atoms with E-state index < -0.39 is 0 Å². The minimum atomic E-state index is -0.299. The van der Waals surface area contributed by atoms with E-state index in [1.807, 2.05) is 80.8 Å². The van der Waals surface area contributed by atoms with Gasteiger partial charge in [0, 0.05) is 16.6 Å². The van der Waals surface area contributed by atoms with Crippen molar-refractivity contribution in [3.8, 4) is 17.1 Å². The topological polar surface area (TPSA) is 59.8 Å². The van der Waals surface area contributed by atoms with Gasteiger partial charge in [0.15, 0.2) is 11.0 Å². The van der Waals surface area contributed by atoms with Crippen LogP contribution in [0.4, 0.5) is 0 Å². The molecule has 0 aliphatic heterocycles. The maximum absolute atomic E-state index is 12.4. The van der Waals surface area contributed by atoms with Crippen molar-refractivity contribution in [2.24, 2.45) is 0 Å². The first-order chi connectivity index (χ1) is 13.4. The molecule has 2 aromatic carbocycles. The Morgan fingerprint density at radius 1 is 1.07 bits per heavy atom. The summed E-state index contributed by atoms with van der Waals surface area (Å²) < 4.78 is 2.00. The van der Waals surface area contributed by atoms with Crippen LogP contribution in [-0.2, 0) is 4.79 Å². The van der Waals surface area contributed by atoms with Crippen LogP contribution in [0.2, 0.25) is 5.02 Å². The predicted molar refractivity (Wildman–Crippen MR) is 115 cm³/mol. The number of hydrogen-bond donors (Lipinski definition) is 1. The molecule has 28 heavy (non-hydrogen) atoms. The largest absolute Gasteiger partial charge is 0.353 e. The molecule has 0 saturated carbocycles. The van der Waals surface area contributed by atoms with Gasteiger partial charge in [0.05, 0.1) is 10.9 Å². The SMILES string of the molecule is Cc1ccccc1-n1c(SC(C)C(=O)NC(C)C)nnc1-c1ccc(Cl)cc1. The number of hydrogen-bond acceptors (Lipinski definition) is 4. The molecule has 0 radical (unpaired) electrons. The van der Waals surface area contributed by atoms with Gasteiger partial charge in [-0.05, 0) is 63.6 Å². The average Bonchev–Trinajstić information content (AvgIpc) is 3.05. The highest BCUT2D eigenvalue weighted by atomic mass is 35.5. The van der Waals surface area contributed by atoms with Gasteiger partial charge in [-0.15, -0.1) is 10.2 Å². The molecular weight excluding hydrogens is 392 g/mol. The fourth-order valence-electron chi connectivity index (χ4n) is 2.78. The summed E-state index contributed by atoms with van der Waals surface area (Å²) in [5, 5.41) is 12.8. The maximum atomic E-state index is 12.4. The summed E-state index contributed by atoms with van der Waals surface area (Å²) in [6.45, 7) is 7.82. The van der Waals surface area contributed by atoms with E-state index in [4.69, 9.17) is 11.6 Å². The number of nitrogens with one attached hydrogen (secondary N) is 1. The standard InChI is InChI=1S/C21H23ClN4OS/c1-13(2)23-20(27)15(4)28-21-25-24-19(16-9-11-17(22)12-10-16)26(21)18-8-6-5-7-14(18)3/h5-13,15H,1-4H3,(H,23,27). The first-order valence-corrected chi connectivity index (χ1v) is 10.4. The highest BCUT2D eigenvalue weighted by molar-refractivity contribution is 8.00. The van der Waals surface area contributed by atoms with Crippen LogP contribution < -0.4 is 5.32 Å². The van der Waals surface area contributed by atoms with Gasteiger partial charge in [0.25, 0.3) is 0 Å². The molecule has 1 atom stereocenters. The zero-order valence-corrected chi connectivity index (χ0v) is 17.9. The predicted octanol–water partition coefficient (Wildman–Crippen LogP) is 4.90. The van der Waals surface area contributed by atoms with Crippen LogP contribution in [0.25, 0.3) is 17.1 Å². The zero-order valence-electron chi connectivity index (χ0n) is 16.3. The Morgan fingerprint density at radius 2 is 1.75 bits per heavy atom. The van der Waals surface area contributed by atoms with E-state index in [-0.39, 0.29) is 17.2 Å². The number of halogens is 1. The van der Waals surface area contributed by atoms with E-state index in [0.717, 1.165) is 16.8 Å². The fourth-order valence-corrected chi connectivity index (χ4v) is 3.77. The molecule has 7 heteroatoms. The lowest BCUT2D eigenvalue weighted by Gasteiger charge is -2.16. The fraction of sp³-hybridized carbons (Fsp3) is 0.286. The maximum Gasteiger partial charge on any atom is 0.233 e. The van der Waals surface area contributed by atoms with Gasteiger partial charge >= 0.3 is 0 Å². The molecule has 1 amide bonds. The van der Waals surface area contributed by atoms with Gasteiger partial charge in [-0.25, -0.2) is 0 Å². The highest BCUT2D eigenvalue weighted by Gasteiger charge is 2.22. The molecule has 5 nitrogen and oxygen atoms in total. The minimum absolute atomic E-state index is 0.0209. The lowest BCUT2D eigenvalue weighted by Crippen LogP contribution is -2.36. The third kappa shape index (κ3) is 4.56. The molecule has 0 fully saturated rings. The number of carbonyl (C=O) groups excluding carboxylic acids is 1. The summed E-state index contributed by atoms with van der Waals surface area (Å²) >= 11 is 7.43. The van der Waals surface area contributed by atoms with E-state index in [2.05, 4.69) is 15.5 Å². The van der Waals surface area contributed by atoms with Crippen LogP contribution in [-0.4, -0.2) is 32.0 Å². The van der Waals surface area contributed by atoms with E-state index in [9.17, 15) is 4.79 Å². The molecule has 0 bridgehead atoms. The van der Waals surface area contributed by atoms with Gasteiger partial charge in [0.2, 0.25) is 5.91 Å². The Labute approximate surface area is 174 Å². The van der Waals surface area contributed by atoms with E-state index in [1.54, 1.807) is 0 Å². The van der Waals surface area contributed by atoms with Crippen LogP contribution in [0, 0.1) is 6.92 Å². The van der Waals surface area contributed by atoms with E-state index >= 15 is 0 Å². The molecule has 3 rings (SSSR count). The van der Waals surface area contributed by atoms with Gasteiger partial charge in [-0.2, -0.15) is 0 Å². The summed E-state index contributed by atoms with van der Waals surface area (Å²) in [4.78, 5) is 12.4. The summed E-state index contributed by atoms with van der Waals surface area (Å²) in [6.07, 6.45) is 0. The molecule has 0 saturated heterocycles. The van der Waals surface area contributed by atoms with Gasteiger partial charge in [-0.1, -0.05) is 41.6 Å². The van der Waals surface area contributed by atoms with E-state index in [0.29, 0.717) is 16.0 Å². The van der Waals surface area contributed by atoms with Crippen LogP contribution in [0.3, 0.4) is 0 Å². The number of benzene rings is 2. The summed E-state index contributed by atoms with van der Waals surface area (Å²) in [5.74, 6) is 0.692. The summed E-state index contributed by atoms with van der Waals surface area (Å²) in [7, 11) is 0. The Kier molecular flexibility index (Phi) is 6.42. The molecule has 1 heterocycles. The number of amides is 1.